The van der Waals surface area contributed by atoms with Crippen LogP contribution < -0.4 is 59.5 Å². The van der Waals surface area contributed by atoms with E-state index in [4.69, 9.17) is 11.5 Å². The molecule has 0 radical (unpaired) electrons. The molecule has 0 aromatic heterocycles. The summed E-state index contributed by atoms with van der Waals surface area (Å²) in [6, 6.07) is 12.5. The van der Waals surface area contributed by atoms with Gasteiger partial charge in [-0.25, -0.2) is 10.2 Å². The van der Waals surface area contributed by atoms with Crippen LogP contribution in [-0.4, -0.2) is 171 Å². The van der Waals surface area contributed by atoms with Crippen LogP contribution in [0.25, 0.3) is 0 Å². The summed E-state index contributed by atoms with van der Waals surface area (Å²) in [5.74, 6) is -11.1. The van der Waals surface area contributed by atoms with E-state index in [1.165, 1.54) is 25.7 Å². The summed E-state index contributed by atoms with van der Waals surface area (Å²) in [6.45, 7) is 9.16. The minimum Gasteiger partial charge on any atom is -0.481 e. The molecule has 5 rings (SSSR count). The Hall–Kier alpha value is -8.98. The fourth-order valence-corrected chi connectivity index (χ4v) is 9.93. The normalized spacial score (nSPS) is 17.8. The van der Waals surface area contributed by atoms with Gasteiger partial charge in [-0.3, -0.25) is 58.2 Å². The van der Waals surface area contributed by atoms with E-state index in [0.29, 0.717) is 18.4 Å². The summed E-state index contributed by atoms with van der Waals surface area (Å²) < 4.78 is 0. The number of benzene rings is 3. The number of carbonyl (C=O) groups excluding carboxylic acids is 11. The zero-order valence-electron chi connectivity index (χ0n) is 49.1. The molecule has 0 spiro atoms. The number of amides is 12. The van der Waals surface area contributed by atoms with Crippen molar-refractivity contribution in [3.05, 3.63) is 108 Å². The van der Waals surface area contributed by atoms with Crippen molar-refractivity contribution in [1.29, 1.82) is 0 Å². The van der Waals surface area contributed by atoms with Gasteiger partial charge in [0, 0.05) is 25.9 Å². The molecule has 12 amide bonds. The highest BCUT2D eigenvalue weighted by Crippen LogP contribution is 2.22. The highest BCUT2D eigenvalue weighted by atomic mass is 16.4. The Kier molecular flexibility index (Phi) is 25.5. The summed E-state index contributed by atoms with van der Waals surface area (Å²) in [4.78, 5) is 164. The summed E-state index contributed by atoms with van der Waals surface area (Å²) in [6.07, 6.45) is -1.40. The lowest BCUT2D eigenvalue weighted by Crippen LogP contribution is -2.62. The number of aliphatic hydroxyl groups is 1. The van der Waals surface area contributed by atoms with Crippen LogP contribution in [0.3, 0.4) is 0 Å². The fraction of sp³-hybridized carbons (Fsp3) is 0.492. The minimum absolute atomic E-state index is 0.0321. The molecule has 2 aliphatic rings. The number of hydrogen-bond acceptors (Lipinski definition) is 14. The minimum atomic E-state index is -1.90. The standard InChI is InChI=1S/C59H81N13O14/c1-32(2)46(66-53(80)42(31-45(74)75)65-56(83)48(35(6)73)68-55(82)43-24-16-26-71(43)58(85)47(33(3)4)67-51(78)39(60)28-36-18-10-7-11-19-36)57(84)69-70-59(86)72-27-17-25-44(72)54(81)64-41(30-38-22-14-9-15-23-38)52(79)62-34(5)50(77)63-40(49(61)76)29-37-20-12-8-13-21-37/h7-15,18-23,32-35,39-44,46-48,73H,16-17,24-31,60H2,1-6H3,(H2,61,76)(H,62,79)(H,63,77)(H,64,81)(H,65,83)(H,66,80)(H,67,78)(H,68,82)(H,69,84)(H,70,86)(H,74,75)/t34-,35+,39+,40-,41-,42-,43-,44-,46-,47-,48-/m0/s1. The van der Waals surface area contributed by atoms with Crippen LogP contribution in [0.2, 0.25) is 0 Å². The Morgan fingerprint density at radius 3 is 1.48 bits per heavy atom. The molecule has 86 heavy (non-hydrogen) atoms. The number of primary amides is 1. The van der Waals surface area contributed by atoms with Crippen LogP contribution >= 0.6 is 0 Å². The number of carbonyl (C=O) groups is 12. The van der Waals surface area contributed by atoms with Crippen molar-refractivity contribution in [3.8, 4) is 0 Å². The lowest BCUT2D eigenvalue weighted by Gasteiger charge is -2.32. The Morgan fingerprint density at radius 2 is 0.965 bits per heavy atom. The SMILES string of the molecule is CC(C)[C@H](NC(=O)[C@H](CC(=O)O)NC(=O)[C@@H](NC(=O)[C@@H]1CCCN1C(=O)[C@@H](NC(=O)[C@H](N)Cc1ccccc1)C(C)C)[C@@H](C)O)C(=O)NNC(=O)N1CCC[C@H]1C(=O)N[C@@H](Cc1ccccc1)C(=O)N[C@@H](C)C(=O)N[C@@H](Cc1ccccc1)C(N)=O. The number of aliphatic hydroxyl groups excluding tert-OH is 1. The van der Waals surface area contributed by atoms with Crippen molar-refractivity contribution in [2.75, 3.05) is 13.1 Å². The third-order valence-electron chi connectivity index (χ3n) is 14.7. The maximum Gasteiger partial charge on any atom is 0.336 e. The summed E-state index contributed by atoms with van der Waals surface area (Å²) in [5.41, 5.74) is 18.4. The summed E-state index contributed by atoms with van der Waals surface area (Å²) >= 11 is 0. The molecule has 0 unspecified atom stereocenters. The quantitative estimate of drug-likeness (QED) is 0.0361. The van der Waals surface area contributed by atoms with Gasteiger partial charge in [-0.15, -0.1) is 0 Å². The predicted molar refractivity (Wildman–Crippen MR) is 312 cm³/mol. The molecular formula is C59H81N13O14. The van der Waals surface area contributed by atoms with Crippen LogP contribution in [0, 0.1) is 11.8 Å². The van der Waals surface area contributed by atoms with Crippen LogP contribution in [0.1, 0.15) is 90.3 Å². The third-order valence-corrected chi connectivity index (χ3v) is 14.7. The number of nitrogens with one attached hydrogen (secondary N) is 9. The first-order chi connectivity index (χ1) is 40.7. The molecule has 0 aliphatic carbocycles. The van der Waals surface area contributed by atoms with Gasteiger partial charge in [0.1, 0.15) is 54.4 Å². The van der Waals surface area contributed by atoms with Gasteiger partial charge in [-0.1, -0.05) is 119 Å². The smallest absolute Gasteiger partial charge is 0.336 e. The van der Waals surface area contributed by atoms with Crippen LogP contribution in [0.4, 0.5) is 4.79 Å². The molecule has 466 valence electrons. The second-order valence-corrected chi connectivity index (χ2v) is 22.2. The first-order valence-corrected chi connectivity index (χ1v) is 28.6. The van der Waals surface area contributed by atoms with E-state index in [2.05, 4.69) is 48.1 Å². The number of aliphatic carboxylic acids is 1. The van der Waals surface area contributed by atoms with Gasteiger partial charge in [0.25, 0.3) is 5.91 Å². The van der Waals surface area contributed by atoms with E-state index >= 15 is 0 Å². The topological polar surface area (TPSA) is 412 Å². The molecule has 11 atom stereocenters. The van der Waals surface area contributed by atoms with Gasteiger partial charge >= 0.3 is 12.0 Å². The molecule has 2 fully saturated rings. The molecular weight excluding hydrogens is 1110 g/mol. The zero-order chi connectivity index (χ0) is 63.4. The van der Waals surface area contributed by atoms with Crippen LogP contribution in [-0.2, 0) is 72.0 Å². The van der Waals surface area contributed by atoms with Gasteiger partial charge in [0.2, 0.25) is 53.2 Å². The summed E-state index contributed by atoms with van der Waals surface area (Å²) in [7, 11) is 0. The maximum absolute atomic E-state index is 14.0. The molecule has 2 saturated heterocycles. The number of likely N-dealkylation sites (tertiary alicyclic amines) is 2. The molecule has 27 heteroatoms. The van der Waals surface area contributed by atoms with E-state index in [0.717, 1.165) is 23.0 Å². The predicted octanol–water partition coefficient (Wildman–Crippen LogP) is -1.70. The maximum atomic E-state index is 14.0. The molecule has 3 aromatic carbocycles. The van der Waals surface area contributed by atoms with Crippen molar-refractivity contribution >= 4 is 71.1 Å². The second kappa shape index (κ2) is 32.3. The highest BCUT2D eigenvalue weighted by Gasteiger charge is 2.42. The van der Waals surface area contributed by atoms with E-state index in [9.17, 15) is 67.7 Å². The Labute approximate surface area is 498 Å². The van der Waals surface area contributed by atoms with Gasteiger partial charge in [0.15, 0.2) is 0 Å². The molecule has 27 nitrogen and oxygen atoms in total. The molecule has 0 bridgehead atoms. The summed E-state index contributed by atoms with van der Waals surface area (Å²) in [5, 5.41) is 38.2. The Bertz CT molecular complexity index is 2880. The Morgan fingerprint density at radius 1 is 0.500 bits per heavy atom. The number of carboxylic acid groups (broad SMARTS) is 1. The number of carboxylic acids is 1. The third kappa shape index (κ3) is 19.8. The zero-order valence-corrected chi connectivity index (χ0v) is 49.1. The van der Waals surface area contributed by atoms with Crippen LogP contribution in [0.5, 0.6) is 0 Å². The number of hydrazine groups is 1. The van der Waals surface area contributed by atoms with Crippen molar-refractivity contribution in [2.24, 2.45) is 23.3 Å². The number of nitrogens with zero attached hydrogens (tertiary/aromatic N) is 2. The first-order valence-electron chi connectivity index (χ1n) is 28.6. The van der Waals surface area contributed by atoms with Crippen molar-refractivity contribution in [2.45, 2.75) is 159 Å². The number of hydrogen-bond donors (Lipinski definition) is 13. The molecule has 2 aliphatic heterocycles. The fourth-order valence-electron chi connectivity index (χ4n) is 9.93. The van der Waals surface area contributed by atoms with Gasteiger partial charge in [0.05, 0.1) is 18.6 Å². The van der Waals surface area contributed by atoms with Gasteiger partial charge < -0.3 is 68.7 Å². The number of nitrogens with two attached hydrogens (primary N) is 2. The van der Waals surface area contributed by atoms with Crippen molar-refractivity contribution in [3.63, 3.8) is 0 Å². The highest BCUT2D eigenvalue weighted by molar-refractivity contribution is 5.99. The van der Waals surface area contributed by atoms with E-state index in [-0.39, 0.29) is 45.2 Å². The monoisotopic (exact) mass is 1200 g/mol. The Balaban J connectivity index is 1.19. The average molecular weight is 1200 g/mol. The number of rotatable bonds is 28. The van der Waals surface area contributed by atoms with E-state index < -0.39 is 156 Å². The van der Waals surface area contributed by atoms with Crippen molar-refractivity contribution < 1.29 is 67.7 Å². The van der Waals surface area contributed by atoms with E-state index in [1.807, 2.05) is 18.2 Å². The number of urea groups is 1. The van der Waals surface area contributed by atoms with Crippen molar-refractivity contribution in [1.82, 2.24) is 57.9 Å². The second-order valence-electron chi connectivity index (χ2n) is 22.2. The average Bonchev–Trinajstić information content (AvgIpc) is 4.11. The molecule has 2 heterocycles. The van der Waals surface area contributed by atoms with Gasteiger partial charge in [-0.05, 0) is 74.5 Å². The van der Waals surface area contributed by atoms with Gasteiger partial charge in [-0.2, -0.15) is 0 Å². The lowest BCUT2D eigenvalue weighted by molar-refractivity contribution is -0.144. The molecule has 3 aromatic rings. The lowest BCUT2D eigenvalue weighted by atomic mass is 10.00. The van der Waals surface area contributed by atoms with Crippen LogP contribution in [0.15, 0.2) is 91.0 Å². The molecule has 15 N–H and O–H groups in total. The molecule has 0 saturated carbocycles. The largest absolute Gasteiger partial charge is 0.481 e. The first kappa shape index (κ1) is 67.8. The van der Waals surface area contributed by atoms with E-state index in [1.54, 1.807) is 86.6 Å².